The Balaban J connectivity index is 1.79. The molecule has 4 nitrogen and oxygen atoms in total. The van der Waals surface area contributed by atoms with Crippen LogP contribution in [0.2, 0.25) is 0 Å². The Morgan fingerprint density at radius 2 is 1.90 bits per heavy atom. The molecule has 2 fully saturated rings. The molecule has 0 bridgehead atoms. The molecule has 0 aromatic carbocycles. The van der Waals surface area contributed by atoms with Crippen molar-refractivity contribution in [2.24, 2.45) is 11.3 Å². The molecule has 1 saturated heterocycles. The van der Waals surface area contributed by atoms with Crippen molar-refractivity contribution in [3.8, 4) is 0 Å². The Morgan fingerprint density at radius 3 is 2.55 bits per heavy atom. The fraction of sp³-hybridized carbons (Fsp3) is 0.938. The summed E-state index contributed by atoms with van der Waals surface area (Å²) in [5.74, 6) is 0.725. The molecule has 0 spiro atoms. The highest BCUT2D eigenvalue weighted by atomic mass is 16.3. The van der Waals surface area contributed by atoms with Crippen molar-refractivity contribution in [1.82, 2.24) is 10.2 Å². The number of piperidine rings is 1. The molecule has 2 rings (SSSR count). The number of hydrogen-bond donors (Lipinski definition) is 2. The van der Waals surface area contributed by atoms with Gasteiger partial charge in [0.25, 0.3) is 0 Å². The molecule has 2 amide bonds. The van der Waals surface area contributed by atoms with Crippen LogP contribution in [0, 0.1) is 11.3 Å². The van der Waals surface area contributed by atoms with Gasteiger partial charge in [0.1, 0.15) is 0 Å². The first-order valence-electron chi connectivity index (χ1n) is 8.20. The predicted octanol–water partition coefficient (Wildman–Crippen LogP) is 2.76. The second kappa shape index (κ2) is 6.79. The number of carbonyl (C=O) groups is 1. The Labute approximate surface area is 122 Å². The van der Waals surface area contributed by atoms with Crippen LogP contribution in [0.1, 0.15) is 58.8 Å². The lowest BCUT2D eigenvalue weighted by Crippen LogP contribution is -2.49. The minimum atomic E-state index is -0.346. The molecule has 1 saturated carbocycles. The maximum Gasteiger partial charge on any atom is 0.317 e. The molecule has 0 aromatic heterocycles. The minimum absolute atomic E-state index is 0.00682. The van der Waals surface area contributed by atoms with Gasteiger partial charge in [-0.15, -0.1) is 0 Å². The quantitative estimate of drug-likeness (QED) is 0.836. The first kappa shape index (κ1) is 15.6. The first-order chi connectivity index (χ1) is 9.49. The van der Waals surface area contributed by atoms with Gasteiger partial charge in [0, 0.05) is 19.6 Å². The zero-order valence-corrected chi connectivity index (χ0v) is 13.0. The lowest BCUT2D eigenvalue weighted by atomic mass is 9.71. The van der Waals surface area contributed by atoms with Gasteiger partial charge in [-0.05, 0) is 37.0 Å². The van der Waals surface area contributed by atoms with Gasteiger partial charge < -0.3 is 15.3 Å². The van der Waals surface area contributed by atoms with Crippen molar-refractivity contribution in [1.29, 1.82) is 0 Å². The van der Waals surface area contributed by atoms with Gasteiger partial charge in [0.15, 0.2) is 0 Å². The van der Waals surface area contributed by atoms with E-state index in [1.54, 1.807) is 4.90 Å². The Kier molecular flexibility index (Phi) is 5.30. The van der Waals surface area contributed by atoms with Gasteiger partial charge in [-0.25, -0.2) is 4.79 Å². The monoisotopic (exact) mass is 282 g/mol. The van der Waals surface area contributed by atoms with Gasteiger partial charge in [0.2, 0.25) is 0 Å². The normalized spacial score (nSPS) is 25.6. The van der Waals surface area contributed by atoms with Crippen LogP contribution in [-0.2, 0) is 0 Å². The number of rotatable bonds is 3. The van der Waals surface area contributed by atoms with Crippen molar-refractivity contribution < 1.29 is 9.90 Å². The second-order valence-electron chi connectivity index (χ2n) is 7.22. The highest BCUT2D eigenvalue weighted by molar-refractivity contribution is 5.74. The molecule has 1 unspecified atom stereocenters. The van der Waals surface area contributed by atoms with E-state index in [-0.39, 0.29) is 17.6 Å². The third-order valence-corrected chi connectivity index (χ3v) is 5.09. The number of aliphatic hydroxyl groups is 1. The van der Waals surface area contributed by atoms with Crippen LogP contribution >= 0.6 is 0 Å². The van der Waals surface area contributed by atoms with Crippen LogP contribution < -0.4 is 5.32 Å². The topological polar surface area (TPSA) is 52.6 Å². The smallest absolute Gasteiger partial charge is 0.317 e. The first-order valence-corrected chi connectivity index (χ1v) is 8.20. The summed E-state index contributed by atoms with van der Waals surface area (Å²) in [6.07, 6.45) is 8.00. The van der Waals surface area contributed by atoms with Crippen LogP contribution in [0.15, 0.2) is 0 Å². The van der Waals surface area contributed by atoms with E-state index >= 15 is 0 Å². The van der Waals surface area contributed by atoms with E-state index in [4.69, 9.17) is 0 Å². The van der Waals surface area contributed by atoms with Crippen molar-refractivity contribution in [3.05, 3.63) is 0 Å². The van der Waals surface area contributed by atoms with E-state index < -0.39 is 0 Å². The number of β-amino-alcohol motifs (C(OH)–C–C–N with tert-alkyl or cyclic N) is 1. The zero-order chi connectivity index (χ0) is 14.6. The fourth-order valence-corrected chi connectivity index (χ4v) is 3.58. The maximum atomic E-state index is 12.2. The number of hydrogen-bond acceptors (Lipinski definition) is 2. The number of carbonyl (C=O) groups excluding carboxylic acids is 1. The largest absolute Gasteiger partial charge is 0.391 e. The number of urea groups is 1. The summed E-state index contributed by atoms with van der Waals surface area (Å²) in [7, 11) is 0. The third kappa shape index (κ3) is 4.11. The lowest BCUT2D eigenvalue weighted by Gasteiger charge is -2.38. The summed E-state index contributed by atoms with van der Waals surface area (Å²) < 4.78 is 0. The number of likely N-dealkylation sites (tertiary alicyclic amines) is 1. The summed E-state index contributed by atoms with van der Waals surface area (Å²) in [5, 5.41) is 12.7. The molecule has 116 valence electrons. The highest BCUT2D eigenvalue weighted by Crippen LogP contribution is 2.37. The minimum Gasteiger partial charge on any atom is -0.391 e. The van der Waals surface area contributed by atoms with Crippen LogP contribution in [0.4, 0.5) is 4.79 Å². The molecule has 1 atom stereocenters. The van der Waals surface area contributed by atoms with Crippen LogP contribution in [-0.4, -0.2) is 41.8 Å². The van der Waals surface area contributed by atoms with E-state index in [9.17, 15) is 9.90 Å². The molecule has 1 heterocycles. The number of nitrogens with zero attached hydrogens (tertiary/aromatic N) is 1. The lowest BCUT2D eigenvalue weighted by molar-refractivity contribution is 0.0814. The summed E-state index contributed by atoms with van der Waals surface area (Å²) in [4.78, 5) is 13.9. The van der Waals surface area contributed by atoms with Gasteiger partial charge in [-0.3, -0.25) is 0 Å². The maximum absolute atomic E-state index is 12.2. The number of aliphatic hydroxyl groups excluding tert-OH is 1. The van der Waals surface area contributed by atoms with Crippen LogP contribution in [0.5, 0.6) is 0 Å². The zero-order valence-electron chi connectivity index (χ0n) is 13.0. The summed E-state index contributed by atoms with van der Waals surface area (Å²) >= 11 is 0. The molecule has 1 aliphatic carbocycles. The number of nitrogens with one attached hydrogen (secondary N) is 1. The summed E-state index contributed by atoms with van der Waals surface area (Å²) in [6.45, 7) is 6.54. The SMILES string of the molecule is CC(C)(CNC(=O)N1CCCC(O)C1)C1CCCCC1. The average molecular weight is 282 g/mol. The molecule has 2 aliphatic rings. The molecule has 20 heavy (non-hydrogen) atoms. The van der Waals surface area contributed by atoms with Crippen LogP contribution in [0.3, 0.4) is 0 Å². The fourth-order valence-electron chi connectivity index (χ4n) is 3.58. The molecule has 1 aliphatic heterocycles. The summed E-state index contributed by atoms with van der Waals surface area (Å²) in [6, 6.07) is -0.00682. The van der Waals surface area contributed by atoms with Crippen molar-refractivity contribution in [2.45, 2.75) is 64.9 Å². The van der Waals surface area contributed by atoms with Gasteiger partial charge >= 0.3 is 6.03 Å². The van der Waals surface area contributed by atoms with E-state index in [0.29, 0.717) is 6.54 Å². The molecule has 0 radical (unpaired) electrons. The Morgan fingerprint density at radius 1 is 1.20 bits per heavy atom. The molecular formula is C16H30N2O2. The number of amides is 2. The predicted molar refractivity (Wildman–Crippen MR) is 80.6 cm³/mol. The molecule has 4 heteroatoms. The van der Waals surface area contributed by atoms with Crippen LogP contribution in [0.25, 0.3) is 0 Å². The Hall–Kier alpha value is -0.770. The molecular weight excluding hydrogens is 252 g/mol. The van der Waals surface area contributed by atoms with Gasteiger partial charge in [-0.2, -0.15) is 0 Å². The van der Waals surface area contributed by atoms with Gasteiger partial charge in [-0.1, -0.05) is 33.1 Å². The van der Waals surface area contributed by atoms with E-state index in [2.05, 4.69) is 19.2 Å². The second-order valence-corrected chi connectivity index (χ2v) is 7.22. The third-order valence-electron chi connectivity index (χ3n) is 5.09. The Bertz CT molecular complexity index is 324. The average Bonchev–Trinajstić information content (AvgIpc) is 2.46. The van der Waals surface area contributed by atoms with Crippen molar-refractivity contribution >= 4 is 6.03 Å². The standard InChI is InChI=1S/C16H30N2O2/c1-16(2,13-7-4-3-5-8-13)12-17-15(20)18-10-6-9-14(19)11-18/h13-14,19H,3-12H2,1-2H3,(H,17,20). The van der Waals surface area contributed by atoms with Gasteiger partial charge in [0.05, 0.1) is 6.10 Å². The van der Waals surface area contributed by atoms with Crippen molar-refractivity contribution in [3.63, 3.8) is 0 Å². The van der Waals surface area contributed by atoms with E-state index in [1.807, 2.05) is 0 Å². The van der Waals surface area contributed by atoms with Crippen molar-refractivity contribution in [2.75, 3.05) is 19.6 Å². The molecule has 2 N–H and O–H groups in total. The molecule has 0 aromatic rings. The van der Waals surface area contributed by atoms with E-state index in [1.165, 1.54) is 32.1 Å². The highest BCUT2D eigenvalue weighted by Gasteiger charge is 2.31. The van der Waals surface area contributed by atoms with E-state index in [0.717, 1.165) is 31.8 Å². The summed E-state index contributed by atoms with van der Waals surface area (Å²) in [5.41, 5.74) is 0.171.